The molecule has 2 rings (SSSR count). The molecule has 0 spiro atoms. The maximum atomic E-state index is 11.8. The Balaban J connectivity index is 1.67. The predicted octanol–water partition coefficient (Wildman–Crippen LogP) is 1.71. The minimum atomic E-state index is -0.738. The molecule has 5 nitrogen and oxygen atoms in total. The molecule has 1 aliphatic carbocycles. The molecule has 1 saturated carbocycles. The number of carbonyl (C=O) groups excluding carboxylic acids is 1. The van der Waals surface area contributed by atoms with Gasteiger partial charge in [0.05, 0.1) is 12.0 Å². The first-order chi connectivity index (χ1) is 9.15. The standard InChI is InChI=1S/C14H23NO4/c16-13(7-6-12-5-2-8-19-12)15-11-4-1-3-10(9-11)14(17)18/h10-12H,1-9H2,(H,15,16)(H,17,18). The number of aliphatic carboxylic acids is 1. The highest BCUT2D eigenvalue weighted by atomic mass is 16.5. The zero-order valence-electron chi connectivity index (χ0n) is 11.3. The molecule has 108 valence electrons. The lowest BCUT2D eigenvalue weighted by Crippen LogP contribution is -2.40. The summed E-state index contributed by atoms with van der Waals surface area (Å²) in [6.45, 7) is 0.815. The third-order valence-electron chi connectivity index (χ3n) is 4.11. The Kier molecular flexibility index (Phi) is 5.19. The zero-order chi connectivity index (χ0) is 13.7. The Bertz CT molecular complexity index is 325. The van der Waals surface area contributed by atoms with Crippen LogP contribution in [0.2, 0.25) is 0 Å². The Labute approximate surface area is 113 Å². The van der Waals surface area contributed by atoms with Crippen LogP contribution in [0.15, 0.2) is 0 Å². The van der Waals surface area contributed by atoms with Gasteiger partial charge in [0, 0.05) is 19.1 Å². The van der Waals surface area contributed by atoms with Crippen LogP contribution in [-0.4, -0.2) is 35.7 Å². The van der Waals surface area contributed by atoms with Crippen molar-refractivity contribution in [3.05, 3.63) is 0 Å². The largest absolute Gasteiger partial charge is 0.481 e. The third-order valence-corrected chi connectivity index (χ3v) is 4.11. The van der Waals surface area contributed by atoms with Crippen LogP contribution in [0.3, 0.4) is 0 Å². The van der Waals surface area contributed by atoms with E-state index >= 15 is 0 Å². The number of nitrogens with one attached hydrogen (secondary N) is 1. The maximum Gasteiger partial charge on any atom is 0.306 e. The highest BCUT2D eigenvalue weighted by Gasteiger charge is 2.28. The number of hydrogen-bond donors (Lipinski definition) is 2. The number of carboxylic acid groups (broad SMARTS) is 1. The van der Waals surface area contributed by atoms with Crippen LogP contribution in [0, 0.1) is 5.92 Å². The van der Waals surface area contributed by atoms with Crippen LogP contribution >= 0.6 is 0 Å². The number of rotatable bonds is 5. The molecule has 2 fully saturated rings. The van der Waals surface area contributed by atoms with Gasteiger partial charge in [-0.3, -0.25) is 9.59 Å². The van der Waals surface area contributed by atoms with E-state index in [1.807, 2.05) is 0 Å². The lowest BCUT2D eigenvalue weighted by atomic mass is 9.85. The molecule has 3 atom stereocenters. The van der Waals surface area contributed by atoms with Gasteiger partial charge in [-0.1, -0.05) is 6.42 Å². The van der Waals surface area contributed by atoms with E-state index in [9.17, 15) is 9.59 Å². The third kappa shape index (κ3) is 4.49. The van der Waals surface area contributed by atoms with Crippen molar-refractivity contribution >= 4 is 11.9 Å². The highest BCUT2D eigenvalue weighted by molar-refractivity contribution is 5.76. The van der Waals surface area contributed by atoms with Crippen LogP contribution in [0.4, 0.5) is 0 Å². The molecule has 1 amide bonds. The van der Waals surface area contributed by atoms with E-state index in [1.165, 1.54) is 0 Å². The van der Waals surface area contributed by atoms with Gasteiger partial charge in [-0.2, -0.15) is 0 Å². The molecular formula is C14H23NO4. The van der Waals surface area contributed by atoms with E-state index in [2.05, 4.69) is 5.32 Å². The first kappa shape index (κ1) is 14.3. The molecule has 5 heteroatoms. The molecule has 1 heterocycles. The number of amides is 1. The minimum Gasteiger partial charge on any atom is -0.481 e. The second-order valence-corrected chi connectivity index (χ2v) is 5.64. The first-order valence-corrected chi connectivity index (χ1v) is 7.29. The molecule has 2 aliphatic rings. The summed E-state index contributed by atoms with van der Waals surface area (Å²) in [5.41, 5.74) is 0. The monoisotopic (exact) mass is 269 g/mol. The quantitative estimate of drug-likeness (QED) is 0.796. The van der Waals surface area contributed by atoms with Crippen molar-refractivity contribution in [2.24, 2.45) is 5.92 Å². The number of carboxylic acids is 1. The molecule has 0 aromatic heterocycles. The van der Waals surface area contributed by atoms with Crippen LogP contribution in [0.1, 0.15) is 51.4 Å². The fraction of sp³-hybridized carbons (Fsp3) is 0.857. The van der Waals surface area contributed by atoms with Crippen LogP contribution in [0.5, 0.6) is 0 Å². The lowest BCUT2D eigenvalue weighted by Gasteiger charge is -2.27. The van der Waals surface area contributed by atoms with Gasteiger partial charge >= 0.3 is 5.97 Å². The Morgan fingerprint density at radius 3 is 2.74 bits per heavy atom. The van der Waals surface area contributed by atoms with Gasteiger partial charge in [-0.05, 0) is 38.5 Å². The number of hydrogen-bond acceptors (Lipinski definition) is 3. The molecule has 1 aliphatic heterocycles. The van der Waals surface area contributed by atoms with Crippen molar-refractivity contribution in [2.75, 3.05) is 6.61 Å². The molecule has 1 saturated heterocycles. The first-order valence-electron chi connectivity index (χ1n) is 7.29. The van der Waals surface area contributed by atoms with Crippen LogP contribution in [-0.2, 0) is 14.3 Å². The van der Waals surface area contributed by atoms with Gasteiger partial charge in [0.15, 0.2) is 0 Å². The summed E-state index contributed by atoms with van der Waals surface area (Å²) in [5, 5.41) is 12.0. The Morgan fingerprint density at radius 2 is 2.05 bits per heavy atom. The van der Waals surface area contributed by atoms with Gasteiger partial charge in [-0.25, -0.2) is 0 Å². The summed E-state index contributed by atoms with van der Waals surface area (Å²) in [6.07, 6.45) is 6.73. The summed E-state index contributed by atoms with van der Waals surface area (Å²) in [5.74, 6) is -0.998. The van der Waals surface area contributed by atoms with Gasteiger partial charge in [0.25, 0.3) is 0 Å². The van der Waals surface area contributed by atoms with E-state index in [1.54, 1.807) is 0 Å². The average molecular weight is 269 g/mol. The Morgan fingerprint density at radius 1 is 1.21 bits per heavy atom. The summed E-state index contributed by atoms with van der Waals surface area (Å²) in [6, 6.07) is 0.0341. The van der Waals surface area contributed by atoms with Crippen molar-refractivity contribution < 1.29 is 19.4 Å². The van der Waals surface area contributed by atoms with E-state index in [-0.39, 0.29) is 24.0 Å². The maximum absolute atomic E-state index is 11.8. The highest BCUT2D eigenvalue weighted by Crippen LogP contribution is 2.24. The molecule has 3 unspecified atom stereocenters. The SMILES string of the molecule is O=C(CCC1CCCO1)NC1CCCC(C(=O)O)C1. The zero-order valence-corrected chi connectivity index (χ0v) is 11.3. The van der Waals surface area contributed by atoms with Gasteiger partial charge in [0.2, 0.25) is 5.91 Å². The number of carbonyl (C=O) groups is 2. The minimum absolute atomic E-state index is 0.0338. The van der Waals surface area contributed by atoms with Crippen molar-refractivity contribution in [3.63, 3.8) is 0 Å². The summed E-state index contributed by atoms with van der Waals surface area (Å²) < 4.78 is 5.48. The molecular weight excluding hydrogens is 246 g/mol. The fourth-order valence-corrected chi connectivity index (χ4v) is 3.01. The summed E-state index contributed by atoms with van der Waals surface area (Å²) >= 11 is 0. The van der Waals surface area contributed by atoms with Crippen molar-refractivity contribution in [2.45, 2.75) is 63.5 Å². The van der Waals surface area contributed by atoms with Gasteiger partial charge < -0.3 is 15.2 Å². The summed E-state index contributed by atoms with van der Waals surface area (Å²) in [4.78, 5) is 22.8. The van der Waals surface area contributed by atoms with Crippen molar-refractivity contribution in [3.8, 4) is 0 Å². The van der Waals surface area contributed by atoms with E-state index in [4.69, 9.17) is 9.84 Å². The van der Waals surface area contributed by atoms with Crippen molar-refractivity contribution in [1.29, 1.82) is 0 Å². The molecule has 0 aromatic rings. The van der Waals surface area contributed by atoms with Crippen LogP contribution in [0.25, 0.3) is 0 Å². The molecule has 0 aromatic carbocycles. The smallest absolute Gasteiger partial charge is 0.306 e. The van der Waals surface area contributed by atoms with Crippen molar-refractivity contribution in [1.82, 2.24) is 5.32 Å². The predicted molar refractivity (Wildman–Crippen MR) is 69.7 cm³/mol. The van der Waals surface area contributed by atoms with Gasteiger partial charge in [-0.15, -0.1) is 0 Å². The van der Waals surface area contributed by atoms with Crippen LogP contribution < -0.4 is 5.32 Å². The molecule has 0 bridgehead atoms. The van der Waals surface area contributed by atoms with E-state index in [0.29, 0.717) is 12.8 Å². The van der Waals surface area contributed by atoms with E-state index in [0.717, 1.165) is 45.1 Å². The fourth-order valence-electron chi connectivity index (χ4n) is 3.01. The molecule has 0 radical (unpaired) electrons. The summed E-state index contributed by atoms with van der Waals surface area (Å²) in [7, 11) is 0. The van der Waals surface area contributed by atoms with Gasteiger partial charge in [0.1, 0.15) is 0 Å². The molecule has 19 heavy (non-hydrogen) atoms. The topological polar surface area (TPSA) is 75.6 Å². The Hall–Kier alpha value is -1.10. The number of ether oxygens (including phenoxy) is 1. The lowest BCUT2D eigenvalue weighted by molar-refractivity contribution is -0.143. The second-order valence-electron chi connectivity index (χ2n) is 5.64. The molecule has 2 N–H and O–H groups in total. The second kappa shape index (κ2) is 6.89. The van der Waals surface area contributed by atoms with E-state index < -0.39 is 5.97 Å². The normalized spacial score (nSPS) is 31.1. The average Bonchev–Trinajstić information content (AvgIpc) is 2.90.